The maximum atomic E-state index is 12.2. The van der Waals surface area contributed by atoms with E-state index in [1.807, 2.05) is 12.1 Å². The van der Waals surface area contributed by atoms with Gasteiger partial charge < -0.3 is 9.52 Å². The third kappa shape index (κ3) is 3.53. The largest absolute Gasteiger partial charge is 0.508 e. The van der Waals surface area contributed by atoms with Gasteiger partial charge in [0.25, 0.3) is 0 Å². The maximum Gasteiger partial charge on any atom is 0.344 e. The first-order chi connectivity index (χ1) is 11.8. The van der Waals surface area contributed by atoms with Gasteiger partial charge >= 0.3 is 5.63 Å². The Labute approximate surface area is 145 Å². The number of nitrogens with zero attached hydrogens (tertiary/aromatic N) is 1. The molecular weight excluding hydrogens is 338 g/mol. The standard InChI is InChI=1S/C19H17NO4S/c1-20(25(2,3)23)10-4-5-13-6-8-15-16-9-7-14(21)12-18(16)24-19(22)17(15)11-13/h6-9,11-12,21H,2,10H2,1,3H3. The van der Waals surface area contributed by atoms with E-state index in [2.05, 4.69) is 17.7 Å². The minimum atomic E-state index is -2.28. The fraction of sp³-hybridized carbons (Fsp3) is 0.158. The van der Waals surface area contributed by atoms with Crippen molar-refractivity contribution in [3.63, 3.8) is 0 Å². The third-order valence-corrected chi connectivity index (χ3v) is 5.34. The second kappa shape index (κ2) is 6.28. The van der Waals surface area contributed by atoms with E-state index >= 15 is 0 Å². The lowest BCUT2D eigenvalue weighted by Crippen LogP contribution is -2.25. The zero-order chi connectivity index (χ0) is 18.2. The van der Waals surface area contributed by atoms with Gasteiger partial charge in [0.2, 0.25) is 0 Å². The zero-order valence-corrected chi connectivity index (χ0v) is 14.7. The summed E-state index contributed by atoms with van der Waals surface area (Å²) in [6.07, 6.45) is 1.55. The van der Waals surface area contributed by atoms with Gasteiger partial charge in [-0.2, -0.15) is 0 Å². The number of fused-ring (bicyclic) bond motifs is 3. The monoisotopic (exact) mass is 355 g/mol. The van der Waals surface area contributed by atoms with Crippen LogP contribution in [0.15, 0.2) is 45.6 Å². The highest BCUT2D eigenvalue weighted by molar-refractivity contribution is 7.97. The molecule has 25 heavy (non-hydrogen) atoms. The summed E-state index contributed by atoms with van der Waals surface area (Å²) in [5.41, 5.74) is 0.521. The molecule has 1 aromatic heterocycles. The highest BCUT2D eigenvalue weighted by Gasteiger charge is 2.08. The lowest BCUT2D eigenvalue weighted by atomic mass is 10.0. The van der Waals surface area contributed by atoms with Gasteiger partial charge in [-0.15, -0.1) is 0 Å². The van der Waals surface area contributed by atoms with Crippen molar-refractivity contribution in [2.45, 2.75) is 0 Å². The van der Waals surface area contributed by atoms with Crippen LogP contribution < -0.4 is 5.63 Å². The number of phenols is 1. The molecule has 1 heterocycles. The van der Waals surface area contributed by atoms with Crippen LogP contribution in [-0.2, 0) is 9.71 Å². The SMILES string of the molecule is C=S(C)(=O)N(C)CC#Cc1ccc2c(c1)c(=O)oc1cc(O)ccc12. The fourth-order valence-electron chi connectivity index (χ4n) is 2.39. The lowest BCUT2D eigenvalue weighted by Gasteiger charge is -2.13. The Hall–Kier alpha value is -2.75. The zero-order valence-electron chi connectivity index (χ0n) is 13.9. The summed E-state index contributed by atoms with van der Waals surface area (Å²) in [5.74, 6) is 9.53. The molecule has 0 saturated heterocycles. The summed E-state index contributed by atoms with van der Waals surface area (Å²) in [4.78, 5) is 12.2. The second-order valence-corrected chi connectivity index (χ2v) is 8.42. The molecule has 0 saturated carbocycles. The van der Waals surface area contributed by atoms with Gasteiger partial charge in [0.15, 0.2) is 0 Å². The van der Waals surface area contributed by atoms with Crippen molar-refractivity contribution in [3.8, 4) is 17.6 Å². The van der Waals surface area contributed by atoms with E-state index in [0.29, 0.717) is 23.1 Å². The summed E-state index contributed by atoms with van der Waals surface area (Å²) < 4.78 is 18.6. The first kappa shape index (κ1) is 17.1. The van der Waals surface area contributed by atoms with Crippen molar-refractivity contribution < 1.29 is 13.7 Å². The van der Waals surface area contributed by atoms with Crippen LogP contribution in [0.1, 0.15) is 5.56 Å². The lowest BCUT2D eigenvalue weighted by molar-refractivity contribution is 0.473. The Morgan fingerprint density at radius 2 is 1.92 bits per heavy atom. The van der Waals surface area contributed by atoms with Crippen molar-refractivity contribution in [3.05, 3.63) is 52.4 Å². The van der Waals surface area contributed by atoms with Crippen molar-refractivity contribution in [2.75, 3.05) is 19.8 Å². The van der Waals surface area contributed by atoms with Gasteiger partial charge in [-0.25, -0.2) is 9.10 Å². The summed E-state index contributed by atoms with van der Waals surface area (Å²) >= 11 is 0. The minimum absolute atomic E-state index is 0.0412. The van der Waals surface area contributed by atoms with Gasteiger partial charge in [0.1, 0.15) is 11.3 Å². The number of hydrogen-bond donors (Lipinski definition) is 1. The molecule has 0 amide bonds. The minimum Gasteiger partial charge on any atom is -0.508 e. The molecule has 5 nitrogen and oxygen atoms in total. The highest BCUT2D eigenvalue weighted by Crippen LogP contribution is 2.26. The molecule has 1 atom stereocenters. The summed E-state index contributed by atoms with van der Waals surface area (Å²) in [6.45, 7) is 0.308. The number of phenolic OH excluding ortho intramolecular Hbond substituents is 1. The van der Waals surface area contributed by atoms with Crippen LogP contribution in [0.25, 0.3) is 21.7 Å². The Morgan fingerprint density at radius 3 is 2.64 bits per heavy atom. The Balaban J connectivity index is 2.04. The third-order valence-electron chi connectivity index (χ3n) is 3.89. The van der Waals surface area contributed by atoms with Gasteiger partial charge in [-0.3, -0.25) is 4.21 Å². The van der Waals surface area contributed by atoms with Crippen LogP contribution in [0, 0.1) is 11.8 Å². The summed E-state index contributed by atoms with van der Waals surface area (Å²) in [7, 11) is -0.586. The van der Waals surface area contributed by atoms with Crippen LogP contribution in [0.2, 0.25) is 0 Å². The molecule has 128 valence electrons. The van der Waals surface area contributed by atoms with E-state index < -0.39 is 15.3 Å². The molecule has 0 fully saturated rings. The van der Waals surface area contributed by atoms with Gasteiger partial charge in [-0.1, -0.05) is 17.9 Å². The molecule has 0 radical (unpaired) electrons. The number of hydrogen-bond acceptors (Lipinski definition) is 4. The molecule has 0 bridgehead atoms. The predicted molar refractivity (Wildman–Crippen MR) is 102 cm³/mol. The predicted octanol–water partition coefficient (Wildman–Crippen LogP) is 2.20. The number of aromatic hydroxyl groups is 1. The number of rotatable bonds is 2. The Bertz CT molecular complexity index is 1200. The molecule has 0 spiro atoms. The molecule has 3 aromatic rings. The van der Waals surface area contributed by atoms with Crippen LogP contribution in [0.3, 0.4) is 0 Å². The fourth-order valence-corrected chi connectivity index (χ4v) is 2.73. The number of benzene rings is 2. The summed E-state index contributed by atoms with van der Waals surface area (Å²) in [5, 5.41) is 11.4. The van der Waals surface area contributed by atoms with Crippen molar-refractivity contribution in [2.24, 2.45) is 0 Å². The van der Waals surface area contributed by atoms with E-state index in [1.54, 1.807) is 35.8 Å². The van der Waals surface area contributed by atoms with Crippen LogP contribution in [-0.4, -0.2) is 39.3 Å². The second-order valence-electron chi connectivity index (χ2n) is 5.88. The average molecular weight is 355 g/mol. The maximum absolute atomic E-state index is 12.2. The normalized spacial score (nSPS) is 13.6. The van der Waals surface area contributed by atoms with Crippen molar-refractivity contribution in [1.29, 1.82) is 0 Å². The molecule has 1 N–H and O–H groups in total. The first-order valence-corrected chi connectivity index (χ1v) is 9.57. The first-order valence-electron chi connectivity index (χ1n) is 7.48. The smallest absolute Gasteiger partial charge is 0.344 e. The van der Waals surface area contributed by atoms with Crippen molar-refractivity contribution in [1.82, 2.24) is 4.31 Å². The van der Waals surface area contributed by atoms with E-state index in [-0.39, 0.29) is 5.75 Å². The molecule has 2 aromatic carbocycles. The van der Waals surface area contributed by atoms with E-state index in [0.717, 1.165) is 10.8 Å². The van der Waals surface area contributed by atoms with Crippen LogP contribution in [0.4, 0.5) is 0 Å². The quantitative estimate of drug-likeness (QED) is 0.331. The van der Waals surface area contributed by atoms with Crippen molar-refractivity contribution >= 4 is 37.3 Å². The molecule has 0 aliphatic heterocycles. The summed E-state index contributed by atoms with van der Waals surface area (Å²) in [6, 6.07) is 9.97. The topological polar surface area (TPSA) is 70.8 Å². The molecule has 0 aliphatic rings. The van der Waals surface area contributed by atoms with Gasteiger partial charge in [-0.05, 0) is 30.1 Å². The van der Waals surface area contributed by atoms with E-state index in [1.165, 1.54) is 6.07 Å². The van der Waals surface area contributed by atoms with Gasteiger partial charge in [0, 0.05) is 45.4 Å². The van der Waals surface area contributed by atoms with Gasteiger partial charge in [0.05, 0.1) is 11.9 Å². The van der Waals surface area contributed by atoms with E-state index in [4.69, 9.17) is 4.42 Å². The Morgan fingerprint density at radius 1 is 1.20 bits per heavy atom. The Kier molecular flexibility index (Phi) is 4.29. The molecule has 1 unspecified atom stereocenters. The molecule has 3 rings (SSSR count). The van der Waals surface area contributed by atoms with Crippen LogP contribution >= 0.6 is 0 Å². The molecule has 0 aliphatic carbocycles. The highest BCUT2D eigenvalue weighted by atomic mass is 32.2. The average Bonchev–Trinajstić information content (AvgIpc) is 2.54. The molecular formula is C19H17NO4S. The molecule has 6 heteroatoms. The van der Waals surface area contributed by atoms with Crippen LogP contribution in [0.5, 0.6) is 5.75 Å². The van der Waals surface area contributed by atoms with E-state index in [9.17, 15) is 14.1 Å².